The highest BCUT2D eigenvalue weighted by Crippen LogP contribution is 2.27. The van der Waals surface area contributed by atoms with Crippen LogP contribution in [0.4, 0.5) is 5.95 Å². The molecule has 1 aromatic heterocycles. The van der Waals surface area contributed by atoms with Gasteiger partial charge in [-0.2, -0.15) is 4.98 Å². The first-order valence-corrected chi connectivity index (χ1v) is 7.24. The van der Waals surface area contributed by atoms with E-state index in [1.54, 1.807) is 0 Å². The van der Waals surface area contributed by atoms with Crippen molar-refractivity contribution in [2.45, 2.75) is 0 Å². The minimum atomic E-state index is 0.664. The molecular weight excluding hydrogens is 330 g/mol. The second-order valence-electron chi connectivity index (χ2n) is 4.35. The number of hydrogen-bond acceptors (Lipinski definition) is 4. The van der Waals surface area contributed by atoms with Crippen molar-refractivity contribution < 1.29 is 0 Å². The number of aromatic nitrogens is 3. The summed E-state index contributed by atoms with van der Waals surface area (Å²) in [6.07, 6.45) is 0. The van der Waals surface area contributed by atoms with Crippen LogP contribution in [0.3, 0.4) is 0 Å². The Kier molecular flexibility index (Phi) is 3.72. The number of piperazine rings is 1. The van der Waals surface area contributed by atoms with Crippen molar-refractivity contribution in [3.05, 3.63) is 27.7 Å². The standard InChI is InChI=1S/C12H13BrClN5/c13-9-2-1-8(7-10(9)14)11-16-12(18-17-11)19-5-3-15-4-6-19/h1-2,7,15H,3-6H2,(H,16,17,18). The van der Waals surface area contributed by atoms with Gasteiger partial charge in [-0.05, 0) is 34.1 Å². The quantitative estimate of drug-likeness (QED) is 0.879. The Hall–Kier alpha value is -1.11. The number of rotatable bonds is 2. The van der Waals surface area contributed by atoms with Crippen LogP contribution in [0.15, 0.2) is 22.7 Å². The van der Waals surface area contributed by atoms with Gasteiger partial charge in [-0.15, -0.1) is 5.10 Å². The summed E-state index contributed by atoms with van der Waals surface area (Å²) in [5.41, 5.74) is 0.932. The normalized spacial score (nSPS) is 15.8. The average molecular weight is 343 g/mol. The van der Waals surface area contributed by atoms with E-state index in [4.69, 9.17) is 11.6 Å². The predicted molar refractivity (Wildman–Crippen MR) is 79.6 cm³/mol. The third kappa shape index (κ3) is 2.75. The van der Waals surface area contributed by atoms with Crippen molar-refractivity contribution in [3.63, 3.8) is 0 Å². The Labute approximate surface area is 124 Å². The molecule has 7 heteroatoms. The first-order chi connectivity index (χ1) is 9.24. The number of nitrogens with zero attached hydrogens (tertiary/aromatic N) is 3. The zero-order chi connectivity index (χ0) is 13.2. The molecule has 1 fully saturated rings. The molecule has 0 amide bonds. The predicted octanol–water partition coefficient (Wildman–Crippen LogP) is 2.30. The van der Waals surface area contributed by atoms with Crippen LogP contribution in [0.1, 0.15) is 0 Å². The summed E-state index contributed by atoms with van der Waals surface area (Å²) in [6, 6.07) is 5.73. The fourth-order valence-corrected chi connectivity index (χ4v) is 2.46. The lowest BCUT2D eigenvalue weighted by Crippen LogP contribution is -2.44. The van der Waals surface area contributed by atoms with Crippen LogP contribution >= 0.6 is 27.5 Å². The van der Waals surface area contributed by atoms with Crippen LogP contribution in [0.2, 0.25) is 5.02 Å². The van der Waals surface area contributed by atoms with E-state index in [0.29, 0.717) is 5.02 Å². The second-order valence-corrected chi connectivity index (χ2v) is 5.61. The smallest absolute Gasteiger partial charge is 0.245 e. The van der Waals surface area contributed by atoms with Gasteiger partial charge in [0.15, 0.2) is 5.82 Å². The maximum atomic E-state index is 6.09. The van der Waals surface area contributed by atoms with Crippen molar-refractivity contribution in [1.82, 2.24) is 20.5 Å². The molecule has 2 aromatic rings. The van der Waals surface area contributed by atoms with E-state index >= 15 is 0 Å². The summed E-state index contributed by atoms with van der Waals surface area (Å²) in [5, 5.41) is 11.2. The van der Waals surface area contributed by atoms with Gasteiger partial charge >= 0.3 is 0 Å². The molecule has 0 spiro atoms. The summed E-state index contributed by atoms with van der Waals surface area (Å²) in [6.45, 7) is 3.79. The van der Waals surface area contributed by atoms with E-state index in [1.165, 1.54) is 0 Å². The minimum absolute atomic E-state index is 0.664. The lowest BCUT2D eigenvalue weighted by molar-refractivity contribution is 0.580. The van der Waals surface area contributed by atoms with E-state index in [-0.39, 0.29) is 0 Å². The van der Waals surface area contributed by atoms with Gasteiger partial charge in [0.05, 0.1) is 5.02 Å². The molecule has 0 aliphatic carbocycles. The monoisotopic (exact) mass is 341 g/mol. The van der Waals surface area contributed by atoms with Crippen molar-refractivity contribution in [1.29, 1.82) is 0 Å². The highest BCUT2D eigenvalue weighted by atomic mass is 79.9. The molecule has 0 bridgehead atoms. The number of H-pyrrole nitrogens is 1. The molecule has 0 radical (unpaired) electrons. The number of halogens is 2. The van der Waals surface area contributed by atoms with Crippen LogP contribution in [-0.4, -0.2) is 41.4 Å². The highest BCUT2D eigenvalue weighted by molar-refractivity contribution is 9.10. The Bertz CT molecular complexity index is 579. The molecule has 0 saturated carbocycles. The number of aromatic amines is 1. The first kappa shape index (κ1) is 12.9. The molecule has 2 heterocycles. The maximum absolute atomic E-state index is 6.09. The number of nitrogens with one attached hydrogen (secondary N) is 2. The minimum Gasteiger partial charge on any atom is -0.337 e. The molecule has 5 nitrogen and oxygen atoms in total. The van der Waals surface area contributed by atoms with Gasteiger partial charge in [0.25, 0.3) is 0 Å². The van der Waals surface area contributed by atoms with Crippen LogP contribution in [0.5, 0.6) is 0 Å². The molecule has 1 aliphatic rings. The fourth-order valence-electron chi connectivity index (χ4n) is 2.03. The summed E-state index contributed by atoms with van der Waals surface area (Å²) < 4.78 is 0.875. The van der Waals surface area contributed by atoms with Gasteiger partial charge in [0.1, 0.15) is 0 Å². The lowest BCUT2D eigenvalue weighted by Gasteiger charge is -2.25. The molecule has 100 valence electrons. The number of hydrogen-bond donors (Lipinski definition) is 2. The topological polar surface area (TPSA) is 56.8 Å². The van der Waals surface area contributed by atoms with Crippen molar-refractivity contribution in [2.75, 3.05) is 31.1 Å². The number of benzene rings is 1. The van der Waals surface area contributed by atoms with Gasteiger partial charge in [-0.1, -0.05) is 11.6 Å². The molecule has 0 atom stereocenters. The van der Waals surface area contributed by atoms with E-state index in [1.807, 2.05) is 18.2 Å². The summed E-state index contributed by atoms with van der Waals surface area (Å²) in [5.74, 6) is 1.48. The van der Waals surface area contributed by atoms with Crippen molar-refractivity contribution >= 4 is 33.5 Å². The first-order valence-electron chi connectivity index (χ1n) is 6.07. The zero-order valence-electron chi connectivity index (χ0n) is 10.2. The third-order valence-corrected chi connectivity index (χ3v) is 4.30. The van der Waals surface area contributed by atoms with Crippen LogP contribution in [-0.2, 0) is 0 Å². The summed E-state index contributed by atoms with van der Waals surface area (Å²) in [7, 11) is 0. The molecule has 19 heavy (non-hydrogen) atoms. The van der Waals surface area contributed by atoms with Crippen molar-refractivity contribution in [3.8, 4) is 11.4 Å². The Morgan fingerprint density at radius 1 is 1.26 bits per heavy atom. The molecule has 3 rings (SSSR count). The van der Waals surface area contributed by atoms with Gasteiger partial charge in [-0.3, -0.25) is 5.10 Å². The largest absolute Gasteiger partial charge is 0.337 e. The van der Waals surface area contributed by atoms with Gasteiger partial charge in [0.2, 0.25) is 5.95 Å². The molecule has 1 saturated heterocycles. The molecule has 0 unspecified atom stereocenters. The third-order valence-electron chi connectivity index (χ3n) is 3.07. The average Bonchev–Trinajstić information content (AvgIpc) is 2.93. The fraction of sp³-hybridized carbons (Fsp3) is 0.333. The van der Waals surface area contributed by atoms with Crippen LogP contribution < -0.4 is 10.2 Å². The van der Waals surface area contributed by atoms with E-state index in [9.17, 15) is 0 Å². The molecule has 1 aromatic carbocycles. The van der Waals surface area contributed by atoms with Gasteiger partial charge in [-0.25, -0.2) is 0 Å². The molecule has 1 aliphatic heterocycles. The van der Waals surface area contributed by atoms with Gasteiger partial charge in [0, 0.05) is 36.2 Å². The Balaban J connectivity index is 1.85. The molecule has 2 N–H and O–H groups in total. The van der Waals surface area contributed by atoms with Crippen molar-refractivity contribution in [2.24, 2.45) is 0 Å². The zero-order valence-corrected chi connectivity index (χ0v) is 12.5. The van der Waals surface area contributed by atoms with E-state index in [0.717, 1.165) is 48.0 Å². The lowest BCUT2D eigenvalue weighted by atomic mass is 10.2. The number of anilines is 1. The van der Waals surface area contributed by atoms with Crippen LogP contribution in [0, 0.1) is 0 Å². The van der Waals surface area contributed by atoms with E-state index < -0.39 is 0 Å². The second kappa shape index (κ2) is 5.48. The van der Waals surface area contributed by atoms with Crippen LogP contribution in [0.25, 0.3) is 11.4 Å². The Morgan fingerprint density at radius 2 is 2.05 bits per heavy atom. The SMILES string of the molecule is Clc1cc(-c2nc(N3CCNCC3)n[nH]2)ccc1Br. The summed E-state index contributed by atoms with van der Waals surface area (Å²) >= 11 is 9.47. The Morgan fingerprint density at radius 3 is 2.79 bits per heavy atom. The van der Waals surface area contributed by atoms with E-state index in [2.05, 4.69) is 41.3 Å². The maximum Gasteiger partial charge on any atom is 0.245 e. The van der Waals surface area contributed by atoms with Gasteiger partial charge < -0.3 is 10.2 Å². The summed E-state index contributed by atoms with van der Waals surface area (Å²) in [4.78, 5) is 6.70. The highest BCUT2D eigenvalue weighted by Gasteiger charge is 2.15. The molecular formula is C12H13BrClN5.